The maximum absolute atomic E-state index is 12.3. The van der Waals surface area contributed by atoms with E-state index in [9.17, 15) is 9.18 Å². The molecule has 0 bridgehead atoms. The average Bonchev–Trinajstić information content (AvgIpc) is 1.88. The lowest BCUT2D eigenvalue weighted by atomic mass is 10.4. The molecule has 0 saturated carbocycles. The summed E-state index contributed by atoms with van der Waals surface area (Å²) in [6.45, 7) is 6.38. The van der Waals surface area contributed by atoms with Crippen LogP contribution in [0.25, 0.3) is 0 Å². The lowest BCUT2D eigenvalue weighted by molar-refractivity contribution is -0.151. The first-order chi connectivity index (χ1) is 4.70. The molecule has 0 aliphatic rings. The van der Waals surface area contributed by atoms with Gasteiger partial charge in [0.25, 0.3) is 0 Å². The molecule has 10 heavy (non-hydrogen) atoms. The highest BCUT2D eigenvalue weighted by molar-refractivity contribution is 5.81. The minimum atomic E-state index is -1.59. The fourth-order valence-electron chi connectivity index (χ4n) is 0.353. The van der Waals surface area contributed by atoms with Gasteiger partial charge in [0.05, 0.1) is 0 Å². The molecule has 0 rings (SSSR count). The van der Waals surface area contributed by atoms with Gasteiger partial charge in [0.2, 0.25) is 6.36 Å². The Hall–Kier alpha value is -1.12. The molecule has 0 aromatic carbocycles. The van der Waals surface area contributed by atoms with E-state index in [0.717, 1.165) is 6.08 Å². The van der Waals surface area contributed by atoms with Gasteiger partial charge in [-0.25, -0.2) is 9.18 Å². The summed E-state index contributed by atoms with van der Waals surface area (Å²) in [6.07, 6.45) is 0.666. The van der Waals surface area contributed by atoms with Crippen LogP contribution >= 0.6 is 0 Å². The van der Waals surface area contributed by atoms with Crippen molar-refractivity contribution in [1.82, 2.24) is 0 Å². The second kappa shape index (κ2) is 4.73. The highest BCUT2D eigenvalue weighted by Gasteiger charge is 2.06. The van der Waals surface area contributed by atoms with Crippen molar-refractivity contribution in [2.75, 3.05) is 0 Å². The van der Waals surface area contributed by atoms with E-state index in [4.69, 9.17) is 0 Å². The van der Waals surface area contributed by atoms with Gasteiger partial charge in [-0.1, -0.05) is 12.7 Å². The fraction of sp³-hybridized carbons (Fsp3) is 0.286. The standard InChI is InChI=1S/C7H9FO2/c1-3-5-6(8)10-7(9)4-2/h3-4,6H,1-2,5H2. The van der Waals surface area contributed by atoms with Gasteiger partial charge in [0.15, 0.2) is 0 Å². The van der Waals surface area contributed by atoms with Crippen LogP contribution in [0.15, 0.2) is 25.3 Å². The van der Waals surface area contributed by atoms with Gasteiger partial charge in [-0.3, -0.25) is 0 Å². The van der Waals surface area contributed by atoms with E-state index >= 15 is 0 Å². The van der Waals surface area contributed by atoms with Gasteiger partial charge in [0.1, 0.15) is 0 Å². The summed E-state index contributed by atoms with van der Waals surface area (Å²) >= 11 is 0. The molecule has 0 aliphatic carbocycles. The number of hydrogen-bond acceptors (Lipinski definition) is 2. The first-order valence-corrected chi connectivity index (χ1v) is 2.78. The maximum atomic E-state index is 12.3. The smallest absolute Gasteiger partial charge is 0.332 e. The van der Waals surface area contributed by atoms with E-state index in [1.54, 1.807) is 0 Å². The molecule has 0 fully saturated rings. The number of rotatable bonds is 4. The molecule has 0 spiro atoms. The van der Waals surface area contributed by atoms with Crippen molar-refractivity contribution in [3.05, 3.63) is 25.3 Å². The SMILES string of the molecule is C=CCC(F)OC(=O)C=C. The Morgan fingerprint density at radius 1 is 1.70 bits per heavy atom. The van der Waals surface area contributed by atoms with Crippen LogP contribution in [0.2, 0.25) is 0 Å². The Kier molecular flexibility index (Phi) is 4.20. The van der Waals surface area contributed by atoms with Crippen molar-refractivity contribution in [1.29, 1.82) is 0 Å². The second-order valence-corrected chi connectivity index (χ2v) is 1.58. The summed E-state index contributed by atoms with van der Waals surface area (Å²) in [4.78, 5) is 10.3. The Balaban J connectivity index is 3.55. The molecule has 0 amide bonds. The number of carbonyl (C=O) groups is 1. The number of esters is 1. The molecule has 1 unspecified atom stereocenters. The van der Waals surface area contributed by atoms with E-state index in [1.807, 2.05) is 0 Å². The number of ether oxygens (including phenoxy) is 1. The monoisotopic (exact) mass is 144 g/mol. The van der Waals surface area contributed by atoms with Crippen LogP contribution in [0.5, 0.6) is 0 Å². The summed E-state index contributed by atoms with van der Waals surface area (Å²) in [7, 11) is 0. The summed E-state index contributed by atoms with van der Waals surface area (Å²) in [5, 5.41) is 0. The Bertz CT molecular complexity index is 143. The van der Waals surface area contributed by atoms with E-state index in [-0.39, 0.29) is 6.42 Å². The maximum Gasteiger partial charge on any atom is 0.332 e. The highest BCUT2D eigenvalue weighted by Crippen LogP contribution is 2.00. The van der Waals surface area contributed by atoms with E-state index < -0.39 is 12.3 Å². The Morgan fingerprint density at radius 3 is 2.70 bits per heavy atom. The van der Waals surface area contributed by atoms with Crippen molar-refractivity contribution in [2.45, 2.75) is 12.8 Å². The van der Waals surface area contributed by atoms with Gasteiger partial charge in [0, 0.05) is 12.5 Å². The molecule has 0 aliphatic heterocycles. The second-order valence-electron chi connectivity index (χ2n) is 1.58. The van der Waals surface area contributed by atoms with Gasteiger partial charge < -0.3 is 4.74 Å². The summed E-state index contributed by atoms with van der Waals surface area (Å²) in [5.74, 6) is -0.755. The highest BCUT2D eigenvalue weighted by atomic mass is 19.1. The molecule has 3 heteroatoms. The van der Waals surface area contributed by atoms with Gasteiger partial charge >= 0.3 is 5.97 Å². The molecule has 0 aromatic rings. The van der Waals surface area contributed by atoms with E-state index in [2.05, 4.69) is 17.9 Å². The quantitative estimate of drug-likeness (QED) is 0.340. The first-order valence-electron chi connectivity index (χ1n) is 2.78. The van der Waals surface area contributed by atoms with Crippen molar-refractivity contribution < 1.29 is 13.9 Å². The third-order valence-electron chi connectivity index (χ3n) is 0.763. The van der Waals surface area contributed by atoms with E-state index in [0.29, 0.717) is 0 Å². The molecule has 1 atom stereocenters. The Morgan fingerprint density at radius 2 is 2.30 bits per heavy atom. The van der Waals surface area contributed by atoms with Crippen LogP contribution in [0.1, 0.15) is 6.42 Å². The van der Waals surface area contributed by atoms with Crippen LogP contribution in [0.3, 0.4) is 0 Å². The topological polar surface area (TPSA) is 26.3 Å². The summed E-state index contributed by atoms with van der Waals surface area (Å²) in [6, 6.07) is 0. The van der Waals surface area contributed by atoms with Crippen LogP contribution in [0, 0.1) is 0 Å². The first kappa shape index (κ1) is 8.88. The molecular formula is C7H9FO2. The molecule has 2 nitrogen and oxygen atoms in total. The molecule has 0 aromatic heterocycles. The minimum Gasteiger partial charge on any atom is -0.428 e. The van der Waals surface area contributed by atoms with Gasteiger partial charge in [-0.15, -0.1) is 6.58 Å². The van der Waals surface area contributed by atoms with Crippen molar-refractivity contribution >= 4 is 5.97 Å². The lowest BCUT2D eigenvalue weighted by Gasteiger charge is -2.03. The third kappa shape index (κ3) is 3.83. The predicted octanol–water partition coefficient (Wildman–Crippen LogP) is 1.59. The summed E-state index contributed by atoms with van der Waals surface area (Å²) < 4.78 is 16.4. The minimum absolute atomic E-state index is 0.0135. The number of alkyl halides is 1. The molecular weight excluding hydrogens is 135 g/mol. The number of hydrogen-bond donors (Lipinski definition) is 0. The molecule has 0 saturated heterocycles. The zero-order valence-electron chi connectivity index (χ0n) is 5.55. The third-order valence-corrected chi connectivity index (χ3v) is 0.763. The van der Waals surface area contributed by atoms with Crippen molar-refractivity contribution in [2.24, 2.45) is 0 Å². The normalized spacial score (nSPS) is 11.7. The van der Waals surface area contributed by atoms with Gasteiger partial charge in [-0.2, -0.15) is 0 Å². The zero-order valence-corrected chi connectivity index (χ0v) is 5.55. The summed E-state index contributed by atoms with van der Waals surface area (Å²) in [5.41, 5.74) is 0. The molecule has 0 N–H and O–H groups in total. The number of halogens is 1. The van der Waals surface area contributed by atoms with Crippen LogP contribution in [-0.2, 0) is 9.53 Å². The lowest BCUT2D eigenvalue weighted by Crippen LogP contribution is -2.09. The average molecular weight is 144 g/mol. The Labute approximate surface area is 59.0 Å². The van der Waals surface area contributed by atoms with Crippen LogP contribution < -0.4 is 0 Å². The van der Waals surface area contributed by atoms with Gasteiger partial charge in [-0.05, 0) is 0 Å². The largest absolute Gasteiger partial charge is 0.428 e. The predicted molar refractivity (Wildman–Crippen MR) is 36.0 cm³/mol. The van der Waals surface area contributed by atoms with Crippen LogP contribution in [0.4, 0.5) is 4.39 Å². The zero-order chi connectivity index (χ0) is 7.98. The van der Waals surface area contributed by atoms with Crippen molar-refractivity contribution in [3.8, 4) is 0 Å². The molecule has 56 valence electrons. The van der Waals surface area contributed by atoms with E-state index in [1.165, 1.54) is 6.08 Å². The van der Waals surface area contributed by atoms with Crippen molar-refractivity contribution in [3.63, 3.8) is 0 Å². The molecule has 0 heterocycles. The van der Waals surface area contributed by atoms with Crippen LogP contribution in [-0.4, -0.2) is 12.3 Å². The molecule has 0 radical (unpaired) electrons. The number of carbonyl (C=O) groups excluding carboxylic acids is 1. The fourth-order valence-corrected chi connectivity index (χ4v) is 0.353.